The number of nitrogens with zero attached hydrogens (tertiary/aromatic N) is 1. The van der Waals surface area contributed by atoms with Gasteiger partial charge in [0.2, 0.25) is 0 Å². The average Bonchev–Trinajstić information content (AvgIpc) is 3.20. The Morgan fingerprint density at radius 2 is 1.94 bits per heavy atom. The molecule has 1 aliphatic rings. The highest BCUT2D eigenvalue weighted by molar-refractivity contribution is 8.04. The number of hydrogen-bond donors (Lipinski definition) is 3. The summed E-state index contributed by atoms with van der Waals surface area (Å²) in [7, 11) is -3.89. The summed E-state index contributed by atoms with van der Waals surface area (Å²) in [5.41, 5.74) is 3.19. The lowest BCUT2D eigenvalue weighted by molar-refractivity contribution is -0.132. The van der Waals surface area contributed by atoms with Crippen molar-refractivity contribution in [2.24, 2.45) is 5.92 Å². The van der Waals surface area contributed by atoms with Gasteiger partial charge in [0.1, 0.15) is 5.37 Å². The quantitative estimate of drug-likeness (QED) is 0.256. The fourth-order valence-electron chi connectivity index (χ4n) is 3.43. The van der Waals surface area contributed by atoms with Gasteiger partial charge in [0, 0.05) is 10.6 Å². The molecule has 0 bridgehead atoms. The first-order chi connectivity index (χ1) is 15.3. The predicted octanol–water partition coefficient (Wildman–Crippen LogP) is 4.21. The Balaban J connectivity index is 1.98. The first-order valence-electron chi connectivity index (χ1n) is 10.5. The monoisotopic (exact) mass is 495 g/mol. The third-order valence-corrected chi connectivity index (χ3v) is 9.48. The Morgan fingerprint density at radius 1 is 1.22 bits per heavy atom. The first kappa shape index (κ1) is 24.9. The molecule has 3 rings (SSSR count). The van der Waals surface area contributed by atoms with Crippen LogP contribution < -0.4 is 15.1 Å². The fraction of sp³-hybridized carbons (Fsp3) is 0.409. The molecule has 1 heterocycles. The van der Waals surface area contributed by atoms with Crippen molar-refractivity contribution in [3.05, 3.63) is 54.1 Å². The fourth-order valence-corrected chi connectivity index (χ4v) is 7.31. The van der Waals surface area contributed by atoms with Gasteiger partial charge in [-0.15, -0.1) is 11.8 Å². The van der Waals surface area contributed by atoms with Gasteiger partial charge >= 0.3 is 0 Å². The molecule has 0 radical (unpaired) electrons. The van der Waals surface area contributed by atoms with Gasteiger partial charge in [0.05, 0.1) is 22.5 Å². The molecule has 0 aromatic heterocycles. The maximum atomic E-state index is 13.8. The van der Waals surface area contributed by atoms with Crippen molar-refractivity contribution in [1.29, 1.82) is 0 Å². The van der Waals surface area contributed by atoms with E-state index in [2.05, 4.69) is 16.5 Å². The van der Waals surface area contributed by atoms with E-state index < -0.39 is 27.2 Å². The Morgan fingerprint density at radius 3 is 2.56 bits per heavy atom. The molecule has 2 aromatic rings. The largest absolute Gasteiger partial charge is 0.305 e. The van der Waals surface area contributed by atoms with Crippen LogP contribution in [-0.4, -0.2) is 37.2 Å². The van der Waals surface area contributed by atoms with Crippen LogP contribution in [0.15, 0.2) is 58.3 Å². The number of nitrogens with one attached hydrogen (secondary N) is 2. The second-order valence-electron chi connectivity index (χ2n) is 7.81. The number of amides is 1. The lowest BCUT2D eigenvalue weighted by Crippen LogP contribution is -2.49. The zero-order valence-corrected chi connectivity index (χ0v) is 20.8. The van der Waals surface area contributed by atoms with E-state index in [1.54, 1.807) is 79.4 Å². The Labute approximate surface area is 198 Å². The zero-order chi connectivity index (χ0) is 23.3. The number of sulfone groups is 1. The number of anilines is 1. The average molecular weight is 496 g/mol. The molecule has 0 saturated carbocycles. The first-order valence-corrected chi connectivity index (χ1v) is 13.9. The Bertz CT molecular complexity index is 1030. The summed E-state index contributed by atoms with van der Waals surface area (Å²) >= 11 is 3.36. The van der Waals surface area contributed by atoms with E-state index in [9.17, 15) is 13.2 Å². The van der Waals surface area contributed by atoms with Crippen LogP contribution in [0.2, 0.25) is 0 Å². The van der Waals surface area contributed by atoms with Crippen LogP contribution in [-0.2, 0) is 14.6 Å². The van der Waals surface area contributed by atoms with Gasteiger partial charge < -0.3 is 4.31 Å². The molecular formula is C22H29N3O4S3. The molecule has 1 amide bonds. The zero-order valence-electron chi connectivity index (χ0n) is 18.3. The number of rotatable bonds is 10. The van der Waals surface area contributed by atoms with Crippen molar-refractivity contribution in [2.45, 2.75) is 48.4 Å². The van der Waals surface area contributed by atoms with E-state index in [-0.39, 0.29) is 10.8 Å². The van der Waals surface area contributed by atoms with Crippen molar-refractivity contribution in [3.63, 3.8) is 0 Å². The molecule has 2 aromatic carbocycles. The van der Waals surface area contributed by atoms with Crippen molar-refractivity contribution >= 4 is 45.1 Å². The normalized spacial score (nSPS) is 15.5. The molecule has 0 saturated heterocycles. The molecule has 0 aliphatic carbocycles. The number of hydroxylamine groups is 1. The molecule has 0 spiro atoms. The summed E-state index contributed by atoms with van der Waals surface area (Å²) in [6, 6.07) is 13.1. The summed E-state index contributed by atoms with van der Waals surface area (Å²) in [6.45, 7) is 5.71. The Hall–Kier alpha value is -1.72. The molecule has 2 atom stereocenters. The maximum absolute atomic E-state index is 13.8. The number of benzene rings is 2. The highest BCUT2D eigenvalue weighted by atomic mass is 32.2. The number of hydrogen-bond acceptors (Lipinski definition) is 8. The minimum Gasteiger partial charge on any atom is -0.305 e. The minimum atomic E-state index is -3.89. The predicted molar refractivity (Wildman–Crippen MR) is 130 cm³/mol. The molecule has 3 N–H and O–H groups in total. The minimum absolute atomic E-state index is 0.194. The lowest BCUT2D eigenvalue weighted by atomic mass is 10.0. The van der Waals surface area contributed by atoms with Crippen LogP contribution in [0.4, 0.5) is 5.69 Å². The number of fused-ring (bicyclic) bond motifs is 1. The number of carbonyl (C=O) groups is 1. The standard InChI is InChI=1S/C22H29N3O4S3/c1-4-12-31-25-14-30-19-13-17(10-11-18(19)25)32(28,29)22(16-8-6-5-7-9-16)23-20(15(2)3)21(26)24-27/h5-11,13,15,20,22-23,27H,4,12,14H2,1-3H3,(H,24,26)/t20-,22?/m1/s1. The summed E-state index contributed by atoms with van der Waals surface area (Å²) in [6.07, 6.45) is 1.07. The lowest BCUT2D eigenvalue weighted by Gasteiger charge is -2.27. The van der Waals surface area contributed by atoms with Crippen molar-refractivity contribution in [2.75, 3.05) is 15.9 Å². The molecule has 10 heteroatoms. The molecule has 32 heavy (non-hydrogen) atoms. The highest BCUT2D eigenvalue weighted by Gasteiger charge is 2.35. The number of carbonyl (C=O) groups excluding carboxylic acids is 1. The van der Waals surface area contributed by atoms with Crippen LogP contribution in [0.25, 0.3) is 0 Å². The van der Waals surface area contributed by atoms with Crippen molar-refractivity contribution in [1.82, 2.24) is 10.8 Å². The molecule has 1 aliphatic heterocycles. The molecule has 174 valence electrons. The van der Waals surface area contributed by atoms with Gasteiger partial charge in [-0.2, -0.15) is 0 Å². The van der Waals surface area contributed by atoms with Crippen molar-refractivity contribution < 1.29 is 18.4 Å². The van der Waals surface area contributed by atoms with Crippen LogP contribution in [0.1, 0.15) is 38.1 Å². The van der Waals surface area contributed by atoms with Gasteiger partial charge in [-0.1, -0.05) is 51.1 Å². The highest BCUT2D eigenvalue weighted by Crippen LogP contribution is 2.44. The van der Waals surface area contributed by atoms with E-state index in [4.69, 9.17) is 5.21 Å². The van der Waals surface area contributed by atoms with Crippen molar-refractivity contribution in [3.8, 4) is 0 Å². The molecule has 1 unspecified atom stereocenters. The van der Waals surface area contributed by atoms with E-state index in [0.717, 1.165) is 28.6 Å². The van der Waals surface area contributed by atoms with Crippen LogP contribution in [0, 0.1) is 5.92 Å². The van der Waals surface area contributed by atoms with Gasteiger partial charge in [0.15, 0.2) is 9.84 Å². The number of thioether (sulfide) groups is 1. The third-order valence-electron chi connectivity index (χ3n) is 5.12. The summed E-state index contributed by atoms with van der Waals surface area (Å²) in [4.78, 5) is 13.3. The molecule has 7 nitrogen and oxygen atoms in total. The third kappa shape index (κ3) is 5.43. The van der Waals surface area contributed by atoms with Gasteiger partial charge in [0.25, 0.3) is 5.91 Å². The van der Waals surface area contributed by atoms with Gasteiger partial charge in [-0.25, -0.2) is 13.9 Å². The molecular weight excluding hydrogens is 466 g/mol. The SMILES string of the molecule is CCCSN1CSc2cc(S(=O)(=O)C(N[C@@H](C(=O)NO)C(C)C)c3ccccc3)ccc21. The smallest absolute Gasteiger partial charge is 0.260 e. The summed E-state index contributed by atoms with van der Waals surface area (Å²) < 4.78 is 29.7. The van der Waals surface area contributed by atoms with E-state index in [0.29, 0.717) is 5.56 Å². The summed E-state index contributed by atoms with van der Waals surface area (Å²) in [5, 5.41) is 11.0. The topological polar surface area (TPSA) is 98.7 Å². The second kappa shape index (κ2) is 10.9. The van der Waals surface area contributed by atoms with E-state index in [1.165, 1.54) is 0 Å². The molecule has 0 fully saturated rings. The van der Waals surface area contributed by atoms with Gasteiger partial charge in [-0.05, 0) is 48.0 Å². The van der Waals surface area contributed by atoms with E-state index >= 15 is 0 Å². The maximum Gasteiger partial charge on any atom is 0.260 e. The van der Waals surface area contributed by atoms with Crippen LogP contribution in [0.3, 0.4) is 0 Å². The van der Waals surface area contributed by atoms with E-state index in [1.807, 2.05) is 12.1 Å². The second-order valence-corrected chi connectivity index (χ2v) is 11.9. The van der Waals surface area contributed by atoms with Crippen LogP contribution >= 0.6 is 23.7 Å². The Kier molecular flexibility index (Phi) is 8.51. The van der Waals surface area contributed by atoms with Crippen LogP contribution in [0.5, 0.6) is 0 Å². The van der Waals surface area contributed by atoms with Gasteiger partial charge in [-0.3, -0.25) is 15.3 Å². The summed E-state index contributed by atoms with van der Waals surface area (Å²) in [5.74, 6) is 0.854.